The first-order chi connectivity index (χ1) is 8.37. The lowest BCUT2D eigenvalue weighted by molar-refractivity contribution is -0.139. The van der Waals surface area contributed by atoms with E-state index in [9.17, 15) is 18.5 Å². The van der Waals surface area contributed by atoms with Gasteiger partial charge in [-0.1, -0.05) is 19.3 Å². The Morgan fingerprint density at radius 2 is 1.94 bits per heavy atom. The second kappa shape index (κ2) is 5.67. The van der Waals surface area contributed by atoms with Crippen LogP contribution in [0, 0.1) is 11.3 Å². The van der Waals surface area contributed by atoms with Gasteiger partial charge in [-0.25, -0.2) is 8.42 Å². The minimum Gasteiger partial charge on any atom is -0.468 e. The van der Waals surface area contributed by atoms with Crippen molar-refractivity contribution in [3.8, 4) is 6.07 Å². The number of methoxy groups -OCH3 is 1. The summed E-state index contributed by atoms with van der Waals surface area (Å²) in [6, 6.07) is 2.04. The molecule has 1 saturated carbocycles. The molecule has 1 fully saturated rings. The highest BCUT2D eigenvalue weighted by Gasteiger charge is 2.40. The van der Waals surface area contributed by atoms with Gasteiger partial charge in [0.25, 0.3) is 0 Å². The van der Waals surface area contributed by atoms with E-state index in [2.05, 4.69) is 9.46 Å². The third-order valence-electron chi connectivity index (χ3n) is 3.26. The van der Waals surface area contributed by atoms with Gasteiger partial charge < -0.3 is 4.74 Å². The first kappa shape index (κ1) is 14.9. The fourth-order valence-electron chi connectivity index (χ4n) is 2.05. The number of sulfonamides is 1. The van der Waals surface area contributed by atoms with Crippen molar-refractivity contribution < 1.29 is 17.9 Å². The van der Waals surface area contributed by atoms with Crippen LogP contribution < -0.4 is 4.72 Å². The molecule has 0 saturated heterocycles. The Morgan fingerprint density at radius 1 is 1.39 bits per heavy atom. The average Bonchev–Trinajstić information content (AvgIpc) is 2.37. The Kier molecular flexibility index (Phi) is 4.71. The number of rotatable bonds is 4. The van der Waals surface area contributed by atoms with Crippen LogP contribution in [-0.4, -0.2) is 32.3 Å². The van der Waals surface area contributed by atoms with Gasteiger partial charge in [-0.15, -0.1) is 0 Å². The van der Waals surface area contributed by atoms with Gasteiger partial charge in [0.2, 0.25) is 10.0 Å². The third kappa shape index (κ3) is 3.21. The predicted molar refractivity (Wildman–Crippen MR) is 65.0 cm³/mol. The molecule has 1 unspecified atom stereocenters. The Labute approximate surface area is 107 Å². The number of carbonyl (C=O) groups is 1. The lowest BCUT2D eigenvalue weighted by Crippen LogP contribution is -2.52. The number of nitrogens with zero attached hydrogens (tertiary/aromatic N) is 1. The van der Waals surface area contributed by atoms with E-state index < -0.39 is 26.8 Å². The maximum atomic E-state index is 12.0. The summed E-state index contributed by atoms with van der Waals surface area (Å²) in [7, 11) is -2.75. The van der Waals surface area contributed by atoms with Gasteiger partial charge in [-0.05, 0) is 19.8 Å². The van der Waals surface area contributed by atoms with Crippen molar-refractivity contribution in [3.63, 3.8) is 0 Å². The highest BCUT2D eigenvalue weighted by molar-refractivity contribution is 7.90. The standard InChI is InChI=1S/C11H18N2O4S/c1-9(10(14)17-2)18(15,16)13-11(8-12)6-4-3-5-7-11/h9,13H,3-7H2,1-2H3. The number of nitriles is 1. The van der Waals surface area contributed by atoms with Crippen LogP contribution in [0.3, 0.4) is 0 Å². The van der Waals surface area contributed by atoms with E-state index in [1.165, 1.54) is 6.92 Å². The summed E-state index contributed by atoms with van der Waals surface area (Å²) in [5, 5.41) is 7.88. The van der Waals surface area contributed by atoms with Crippen LogP contribution in [0.2, 0.25) is 0 Å². The molecule has 0 spiro atoms. The van der Waals surface area contributed by atoms with Crippen molar-refractivity contribution >= 4 is 16.0 Å². The molecule has 1 aliphatic rings. The lowest BCUT2D eigenvalue weighted by Gasteiger charge is -2.31. The SMILES string of the molecule is COC(=O)C(C)S(=O)(=O)NC1(C#N)CCCCC1. The monoisotopic (exact) mass is 274 g/mol. The molecule has 0 radical (unpaired) electrons. The van der Waals surface area contributed by atoms with E-state index in [4.69, 9.17) is 0 Å². The van der Waals surface area contributed by atoms with E-state index in [0.717, 1.165) is 26.4 Å². The molecule has 0 aromatic rings. The van der Waals surface area contributed by atoms with Crippen molar-refractivity contribution in [1.29, 1.82) is 5.26 Å². The lowest BCUT2D eigenvalue weighted by atomic mass is 9.84. The van der Waals surface area contributed by atoms with Gasteiger partial charge >= 0.3 is 5.97 Å². The molecule has 1 N–H and O–H groups in total. The number of esters is 1. The third-order valence-corrected chi connectivity index (χ3v) is 5.06. The number of nitrogens with one attached hydrogen (secondary N) is 1. The highest BCUT2D eigenvalue weighted by Crippen LogP contribution is 2.28. The Morgan fingerprint density at radius 3 is 2.39 bits per heavy atom. The van der Waals surface area contributed by atoms with Crippen molar-refractivity contribution in [2.24, 2.45) is 0 Å². The molecule has 6 nitrogen and oxygen atoms in total. The summed E-state index contributed by atoms with van der Waals surface area (Å²) in [6.45, 7) is 1.25. The fraction of sp³-hybridized carbons (Fsp3) is 0.818. The van der Waals surface area contributed by atoms with E-state index in [-0.39, 0.29) is 0 Å². The van der Waals surface area contributed by atoms with Crippen LogP contribution in [0.15, 0.2) is 0 Å². The molecular weight excluding hydrogens is 256 g/mol. The van der Waals surface area contributed by atoms with Gasteiger partial charge in [0.15, 0.2) is 5.25 Å². The number of ether oxygens (including phenoxy) is 1. The second-order valence-electron chi connectivity index (χ2n) is 4.57. The van der Waals surface area contributed by atoms with Gasteiger partial charge in [-0.3, -0.25) is 4.79 Å². The average molecular weight is 274 g/mol. The summed E-state index contributed by atoms with van der Waals surface area (Å²) in [6.07, 6.45) is 3.58. The quantitative estimate of drug-likeness (QED) is 0.761. The van der Waals surface area contributed by atoms with Gasteiger partial charge in [-0.2, -0.15) is 9.98 Å². The smallest absolute Gasteiger partial charge is 0.325 e. The van der Waals surface area contributed by atoms with Crippen molar-refractivity contribution in [2.45, 2.75) is 49.8 Å². The molecule has 0 aliphatic heterocycles. The summed E-state index contributed by atoms with van der Waals surface area (Å²) in [5.41, 5.74) is -1.07. The first-order valence-electron chi connectivity index (χ1n) is 5.89. The zero-order valence-corrected chi connectivity index (χ0v) is 11.4. The number of hydrogen-bond donors (Lipinski definition) is 1. The zero-order valence-electron chi connectivity index (χ0n) is 10.6. The topological polar surface area (TPSA) is 96.3 Å². The maximum Gasteiger partial charge on any atom is 0.325 e. The van der Waals surface area contributed by atoms with Crippen LogP contribution >= 0.6 is 0 Å². The highest BCUT2D eigenvalue weighted by atomic mass is 32.2. The van der Waals surface area contributed by atoms with Crippen LogP contribution in [0.4, 0.5) is 0 Å². The minimum absolute atomic E-state index is 0.483. The van der Waals surface area contributed by atoms with Crippen molar-refractivity contribution in [3.05, 3.63) is 0 Å². The maximum absolute atomic E-state index is 12.0. The van der Waals surface area contributed by atoms with Crippen LogP contribution in [0.5, 0.6) is 0 Å². The largest absolute Gasteiger partial charge is 0.468 e. The fourth-order valence-corrected chi connectivity index (χ4v) is 3.37. The van der Waals surface area contributed by atoms with Crippen LogP contribution in [-0.2, 0) is 19.6 Å². The molecule has 0 heterocycles. The number of hydrogen-bond acceptors (Lipinski definition) is 5. The van der Waals surface area contributed by atoms with Crippen LogP contribution in [0.1, 0.15) is 39.0 Å². The molecule has 102 valence electrons. The van der Waals surface area contributed by atoms with Gasteiger partial charge in [0.05, 0.1) is 13.2 Å². The molecule has 0 bridgehead atoms. The van der Waals surface area contributed by atoms with Crippen molar-refractivity contribution in [1.82, 2.24) is 4.72 Å². The molecule has 0 amide bonds. The second-order valence-corrected chi connectivity index (χ2v) is 6.57. The normalized spacial score (nSPS) is 20.7. The molecule has 7 heteroatoms. The van der Waals surface area contributed by atoms with E-state index >= 15 is 0 Å². The summed E-state index contributed by atoms with van der Waals surface area (Å²) in [4.78, 5) is 11.3. The van der Waals surface area contributed by atoms with Gasteiger partial charge in [0.1, 0.15) is 5.54 Å². The summed E-state index contributed by atoms with van der Waals surface area (Å²) < 4.78 is 30.8. The Bertz CT molecular complexity index is 446. The molecular formula is C11H18N2O4S. The van der Waals surface area contributed by atoms with E-state index in [1.807, 2.05) is 6.07 Å². The Hall–Kier alpha value is -1.13. The molecule has 18 heavy (non-hydrogen) atoms. The van der Waals surface area contributed by atoms with Crippen molar-refractivity contribution in [2.75, 3.05) is 7.11 Å². The van der Waals surface area contributed by atoms with Gasteiger partial charge in [0, 0.05) is 0 Å². The molecule has 0 aromatic heterocycles. The molecule has 0 aromatic carbocycles. The molecule has 1 atom stereocenters. The first-order valence-corrected chi connectivity index (χ1v) is 7.43. The summed E-state index contributed by atoms with van der Waals surface area (Å²) >= 11 is 0. The summed E-state index contributed by atoms with van der Waals surface area (Å²) in [5.74, 6) is -0.827. The molecule has 1 aliphatic carbocycles. The number of carbonyl (C=O) groups excluding carboxylic acids is 1. The van der Waals surface area contributed by atoms with E-state index in [1.54, 1.807) is 0 Å². The molecule has 1 rings (SSSR count). The minimum atomic E-state index is -3.89. The predicted octanol–water partition coefficient (Wildman–Crippen LogP) is 0.694. The Balaban J connectivity index is 2.87. The van der Waals surface area contributed by atoms with E-state index in [0.29, 0.717) is 12.8 Å². The zero-order chi connectivity index (χ0) is 13.8. The van der Waals surface area contributed by atoms with Crippen LogP contribution in [0.25, 0.3) is 0 Å².